The van der Waals surface area contributed by atoms with Gasteiger partial charge in [0.05, 0.1) is 11.1 Å². The number of rotatable bonds is 10. The quantitative estimate of drug-likeness (QED) is 0.246. The summed E-state index contributed by atoms with van der Waals surface area (Å²) in [7, 11) is 3.12. The van der Waals surface area contributed by atoms with Crippen molar-refractivity contribution in [2.24, 2.45) is 0 Å². The molecule has 0 radical (unpaired) electrons. The zero-order valence-corrected chi connectivity index (χ0v) is 21.1. The Bertz CT molecular complexity index is 1010. The van der Waals surface area contributed by atoms with Crippen LogP contribution in [0.5, 0.6) is 0 Å². The molecule has 0 saturated heterocycles. The van der Waals surface area contributed by atoms with Gasteiger partial charge in [0.25, 0.3) is 22.0 Å². The summed E-state index contributed by atoms with van der Waals surface area (Å²) < 4.78 is 0. The predicted octanol–water partition coefficient (Wildman–Crippen LogP) is 2.49. The molecule has 14 heteroatoms. The van der Waals surface area contributed by atoms with Crippen molar-refractivity contribution in [1.82, 2.24) is 9.80 Å². The molecule has 0 aliphatic heterocycles. The molecule has 0 N–H and O–H groups in total. The third kappa shape index (κ3) is 6.61. The van der Waals surface area contributed by atoms with Crippen LogP contribution in [0.4, 0.5) is 0 Å². The summed E-state index contributed by atoms with van der Waals surface area (Å²) in [5.74, 6) is -1.03. The molecule has 1 aromatic rings. The maximum atomic E-state index is 13.4. The lowest BCUT2D eigenvalue weighted by Crippen LogP contribution is -2.42. The molecule has 206 valence electrons. The van der Waals surface area contributed by atoms with E-state index in [9.17, 15) is 39.4 Å². The molecule has 14 nitrogen and oxygen atoms in total. The monoisotopic (exact) mass is 534 g/mol. The number of amides is 2. The Morgan fingerprint density at radius 3 is 1.37 bits per heavy atom. The van der Waals surface area contributed by atoms with Gasteiger partial charge in [-0.3, -0.25) is 19.2 Å². The minimum absolute atomic E-state index is 0.0309. The normalized spacial score (nSPS) is 23.0. The minimum atomic E-state index is -0.827. The highest BCUT2D eigenvalue weighted by molar-refractivity contribution is 6.08. The van der Waals surface area contributed by atoms with E-state index in [0.29, 0.717) is 63.9 Å². The number of hydrogen-bond acceptors (Lipinski definition) is 10. The SMILES string of the molecule is CN(C(=O)c1cc(C(=O)N(C)C2CCC(O[N+](=O)[O-])CC2)c(C=O)cc1C=O)C1CCC(O[N+](=O)[O-])CC1. The first kappa shape index (κ1) is 28.5. The summed E-state index contributed by atoms with van der Waals surface area (Å²) >= 11 is 0. The highest BCUT2D eigenvalue weighted by atomic mass is 17.0. The zero-order valence-electron chi connectivity index (χ0n) is 21.1. The van der Waals surface area contributed by atoms with Crippen molar-refractivity contribution in [3.8, 4) is 0 Å². The highest BCUT2D eigenvalue weighted by Gasteiger charge is 2.32. The summed E-state index contributed by atoms with van der Waals surface area (Å²) in [6.45, 7) is 0. The molecule has 0 atom stereocenters. The molecular weight excluding hydrogens is 504 g/mol. The van der Waals surface area contributed by atoms with Gasteiger partial charge in [-0.2, -0.15) is 0 Å². The second-order valence-electron chi connectivity index (χ2n) is 9.61. The molecule has 0 heterocycles. The van der Waals surface area contributed by atoms with Gasteiger partial charge in [-0.25, -0.2) is 0 Å². The van der Waals surface area contributed by atoms with Crippen LogP contribution in [0.1, 0.15) is 92.8 Å². The molecule has 2 fully saturated rings. The van der Waals surface area contributed by atoms with Gasteiger partial charge in [0.15, 0.2) is 12.6 Å². The number of nitrogens with zero attached hydrogens (tertiary/aromatic N) is 4. The maximum Gasteiger partial charge on any atom is 0.294 e. The zero-order chi connectivity index (χ0) is 28.0. The molecule has 3 rings (SSSR count). The van der Waals surface area contributed by atoms with Crippen LogP contribution in [0, 0.1) is 20.2 Å². The lowest BCUT2D eigenvalue weighted by molar-refractivity contribution is -0.769. The molecule has 38 heavy (non-hydrogen) atoms. The molecular formula is C24H30N4O10. The first-order valence-electron chi connectivity index (χ1n) is 12.3. The van der Waals surface area contributed by atoms with Crippen LogP contribution >= 0.6 is 0 Å². The van der Waals surface area contributed by atoms with Gasteiger partial charge in [0, 0.05) is 37.3 Å². The topological polar surface area (TPSA) is 179 Å². The van der Waals surface area contributed by atoms with Crippen molar-refractivity contribution >= 4 is 24.4 Å². The van der Waals surface area contributed by atoms with E-state index in [2.05, 4.69) is 9.68 Å². The molecule has 0 spiro atoms. The molecule has 2 aliphatic rings. The van der Waals surface area contributed by atoms with Gasteiger partial charge in [-0.1, -0.05) is 0 Å². The van der Waals surface area contributed by atoms with E-state index >= 15 is 0 Å². The summed E-state index contributed by atoms with van der Waals surface area (Å²) in [6.07, 6.45) is 3.20. The summed E-state index contributed by atoms with van der Waals surface area (Å²) in [5.41, 5.74) is -0.134. The van der Waals surface area contributed by atoms with Crippen LogP contribution in [-0.4, -0.2) is 82.7 Å². The predicted molar refractivity (Wildman–Crippen MR) is 130 cm³/mol. The van der Waals surface area contributed by atoms with Gasteiger partial charge >= 0.3 is 0 Å². The fraction of sp³-hybridized carbons (Fsp3) is 0.583. The average Bonchev–Trinajstić information content (AvgIpc) is 2.90. The third-order valence-corrected chi connectivity index (χ3v) is 7.43. The molecule has 0 unspecified atom stereocenters. The summed E-state index contributed by atoms with van der Waals surface area (Å²) in [6, 6.07) is 1.97. The first-order valence-corrected chi connectivity index (χ1v) is 12.3. The van der Waals surface area contributed by atoms with Crippen LogP contribution in [0.15, 0.2) is 12.1 Å². The van der Waals surface area contributed by atoms with Gasteiger partial charge < -0.3 is 19.5 Å². The average molecular weight is 535 g/mol. The molecule has 2 aliphatic carbocycles. The highest BCUT2D eigenvalue weighted by Crippen LogP contribution is 2.29. The van der Waals surface area contributed by atoms with E-state index in [1.165, 1.54) is 21.9 Å². The van der Waals surface area contributed by atoms with Gasteiger partial charge in [0.1, 0.15) is 12.2 Å². The second kappa shape index (κ2) is 12.4. The lowest BCUT2D eigenvalue weighted by atomic mass is 9.90. The second-order valence-corrected chi connectivity index (χ2v) is 9.61. The molecule has 0 bridgehead atoms. The van der Waals surface area contributed by atoms with Crippen LogP contribution in [0.25, 0.3) is 0 Å². The van der Waals surface area contributed by atoms with Crippen molar-refractivity contribution in [1.29, 1.82) is 0 Å². The number of carbonyl (C=O) groups is 4. The Morgan fingerprint density at radius 2 is 1.08 bits per heavy atom. The van der Waals surface area contributed by atoms with E-state index in [0.717, 1.165) is 0 Å². The Morgan fingerprint density at radius 1 is 0.737 bits per heavy atom. The summed E-state index contributed by atoms with van der Waals surface area (Å²) in [4.78, 5) is 83.7. The van der Waals surface area contributed by atoms with Gasteiger partial charge in [0.2, 0.25) is 0 Å². The van der Waals surface area contributed by atoms with Gasteiger partial charge in [-0.15, -0.1) is 20.2 Å². The minimum Gasteiger partial charge on any atom is -0.339 e. The fourth-order valence-corrected chi connectivity index (χ4v) is 5.23. The Labute approximate surface area is 218 Å². The molecule has 0 aromatic heterocycles. The largest absolute Gasteiger partial charge is 0.339 e. The van der Waals surface area contributed by atoms with E-state index in [-0.39, 0.29) is 34.3 Å². The smallest absolute Gasteiger partial charge is 0.294 e. The number of aldehydes is 2. The molecule has 2 amide bonds. The van der Waals surface area contributed by atoms with E-state index in [1.54, 1.807) is 14.1 Å². The van der Waals surface area contributed by atoms with Crippen LogP contribution in [0.2, 0.25) is 0 Å². The van der Waals surface area contributed by atoms with E-state index in [4.69, 9.17) is 0 Å². The lowest BCUT2D eigenvalue weighted by Gasteiger charge is -2.35. The van der Waals surface area contributed by atoms with Crippen LogP contribution < -0.4 is 0 Å². The van der Waals surface area contributed by atoms with Crippen molar-refractivity contribution in [3.63, 3.8) is 0 Å². The van der Waals surface area contributed by atoms with Crippen LogP contribution in [0.3, 0.4) is 0 Å². The van der Waals surface area contributed by atoms with E-state index in [1.807, 2.05) is 0 Å². The number of benzene rings is 1. The maximum absolute atomic E-state index is 13.4. The third-order valence-electron chi connectivity index (χ3n) is 7.43. The standard InChI is InChI=1S/C24H30N4O10/c1-25(17-3-7-19(8-4-17)37-27(33)34)23(31)21-12-22(16(14-30)11-15(21)13-29)24(32)26(2)18-5-9-20(10-6-18)38-28(35)36/h11-14,17-20H,3-10H2,1-2H3. The Kier molecular flexibility index (Phi) is 9.31. The Balaban J connectivity index is 1.78. The van der Waals surface area contributed by atoms with Crippen molar-refractivity contribution in [2.75, 3.05) is 14.1 Å². The van der Waals surface area contributed by atoms with E-state index < -0.39 is 34.2 Å². The van der Waals surface area contributed by atoms with Crippen molar-refractivity contribution in [3.05, 3.63) is 54.6 Å². The number of carbonyl (C=O) groups excluding carboxylic acids is 4. The first-order chi connectivity index (χ1) is 18.0. The fourth-order valence-electron chi connectivity index (χ4n) is 5.23. The number of hydrogen-bond donors (Lipinski definition) is 0. The van der Waals surface area contributed by atoms with Crippen molar-refractivity contribution in [2.45, 2.75) is 75.7 Å². The molecule has 2 saturated carbocycles. The Hall–Kier alpha value is -4.10. The van der Waals surface area contributed by atoms with Gasteiger partial charge in [-0.05, 0) is 63.5 Å². The van der Waals surface area contributed by atoms with Crippen molar-refractivity contribution < 1.29 is 39.0 Å². The summed E-state index contributed by atoms with van der Waals surface area (Å²) in [5, 5.41) is 19.5. The molecule has 1 aromatic carbocycles. The van der Waals surface area contributed by atoms with Crippen LogP contribution in [-0.2, 0) is 9.68 Å².